The molecule has 0 spiro atoms. The van der Waals surface area contributed by atoms with Crippen LogP contribution >= 0.6 is 0 Å². The van der Waals surface area contributed by atoms with E-state index in [1.54, 1.807) is 0 Å². The third-order valence-electron chi connectivity index (χ3n) is 3.68. The van der Waals surface area contributed by atoms with Crippen LogP contribution in [0.2, 0.25) is 0 Å². The van der Waals surface area contributed by atoms with E-state index in [0.717, 1.165) is 30.6 Å². The van der Waals surface area contributed by atoms with Crippen molar-refractivity contribution >= 4 is 6.03 Å². The third-order valence-corrected chi connectivity index (χ3v) is 3.68. The molecule has 1 atom stereocenters. The first-order valence-corrected chi connectivity index (χ1v) is 7.49. The van der Waals surface area contributed by atoms with Crippen LogP contribution < -0.4 is 11.1 Å². The van der Waals surface area contributed by atoms with Crippen LogP contribution in [0.1, 0.15) is 30.9 Å². The molecule has 0 aromatic heterocycles. The van der Waals surface area contributed by atoms with Crippen LogP contribution in [0.4, 0.5) is 4.79 Å². The van der Waals surface area contributed by atoms with Gasteiger partial charge in [0.25, 0.3) is 0 Å². The average molecular weight is 285 g/mol. The highest BCUT2D eigenvalue weighted by Crippen LogP contribution is 2.15. The fourth-order valence-corrected chi connectivity index (χ4v) is 2.52. The van der Waals surface area contributed by atoms with Crippen molar-refractivity contribution in [1.29, 1.82) is 0 Å². The molecular weight excluding hydrogens is 262 g/mol. The van der Waals surface area contributed by atoms with Crippen molar-refractivity contribution in [2.45, 2.75) is 26.3 Å². The van der Waals surface area contributed by atoms with E-state index in [4.69, 9.17) is 5.73 Å². The topological polar surface area (TPSA) is 58.4 Å². The zero-order valence-electron chi connectivity index (χ0n) is 12.6. The summed E-state index contributed by atoms with van der Waals surface area (Å²) in [5, 5.41) is 2.98. The first kappa shape index (κ1) is 15.4. The summed E-state index contributed by atoms with van der Waals surface area (Å²) in [6.07, 6.45) is 2.32. The normalized spacial score (nSPS) is 17.8. The Morgan fingerprint density at radius 2 is 2.19 bits per heavy atom. The van der Waals surface area contributed by atoms with E-state index in [2.05, 4.69) is 24.1 Å². The molecule has 2 amide bonds. The lowest BCUT2D eigenvalue weighted by atomic mass is 10.0. The Morgan fingerprint density at radius 1 is 1.43 bits per heavy atom. The van der Waals surface area contributed by atoms with Gasteiger partial charge in [-0.15, -0.1) is 0 Å². The molecule has 112 valence electrons. The van der Waals surface area contributed by atoms with Crippen molar-refractivity contribution in [3.8, 4) is 11.8 Å². The quantitative estimate of drug-likeness (QED) is 0.816. The summed E-state index contributed by atoms with van der Waals surface area (Å²) in [5.41, 5.74) is 7.36. The largest absolute Gasteiger partial charge is 0.334 e. The smallest absolute Gasteiger partial charge is 0.317 e. The number of piperidine rings is 1. The Balaban J connectivity index is 1.83. The van der Waals surface area contributed by atoms with Crippen molar-refractivity contribution in [2.75, 3.05) is 19.6 Å². The predicted molar refractivity (Wildman–Crippen MR) is 84.6 cm³/mol. The molecule has 3 N–H and O–H groups in total. The van der Waals surface area contributed by atoms with Gasteiger partial charge in [0.1, 0.15) is 0 Å². The van der Waals surface area contributed by atoms with Gasteiger partial charge in [-0.1, -0.05) is 30.9 Å². The fourth-order valence-electron chi connectivity index (χ4n) is 2.52. The minimum absolute atomic E-state index is 0.0357. The maximum atomic E-state index is 12.1. The molecular formula is C17H23N3O. The fraction of sp³-hybridized carbons (Fsp3) is 0.471. The Kier molecular flexibility index (Phi) is 5.65. The number of nitrogens with two attached hydrogens (primary N) is 1. The summed E-state index contributed by atoms with van der Waals surface area (Å²) in [7, 11) is 0. The van der Waals surface area contributed by atoms with Gasteiger partial charge in [-0.25, -0.2) is 4.79 Å². The summed E-state index contributed by atoms with van der Waals surface area (Å²) < 4.78 is 0. The number of nitrogens with one attached hydrogen (secondary N) is 1. The SMILES string of the molecule is CC1CCCN(C(=O)NCc2ccc(C#CCN)cc2)C1. The van der Waals surface area contributed by atoms with Crippen LogP contribution in [0, 0.1) is 17.8 Å². The van der Waals surface area contributed by atoms with Crippen LogP contribution in [0.25, 0.3) is 0 Å². The third kappa shape index (κ3) is 4.80. The minimum Gasteiger partial charge on any atom is -0.334 e. The van der Waals surface area contributed by atoms with Crippen LogP contribution in [-0.2, 0) is 6.54 Å². The number of amides is 2. The van der Waals surface area contributed by atoms with Crippen molar-refractivity contribution < 1.29 is 4.79 Å². The van der Waals surface area contributed by atoms with Gasteiger partial charge in [-0.2, -0.15) is 0 Å². The monoisotopic (exact) mass is 285 g/mol. The first-order valence-electron chi connectivity index (χ1n) is 7.49. The lowest BCUT2D eigenvalue weighted by molar-refractivity contribution is 0.169. The lowest BCUT2D eigenvalue weighted by Gasteiger charge is -2.30. The van der Waals surface area contributed by atoms with Crippen LogP contribution in [0.3, 0.4) is 0 Å². The summed E-state index contributed by atoms with van der Waals surface area (Å²) in [6, 6.07) is 7.91. The highest BCUT2D eigenvalue weighted by molar-refractivity contribution is 5.74. The maximum Gasteiger partial charge on any atom is 0.317 e. The second kappa shape index (κ2) is 7.70. The van der Waals surface area contributed by atoms with Gasteiger partial charge < -0.3 is 16.0 Å². The molecule has 4 heteroatoms. The number of hydrogen-bond donors (Lipinski definition) is 2. The van der Waals surface area contributed by atoms with E-state index in [-0.39, 0.29) is 6.03 Å². The van der Waals surface area contributed by atoms with E-state index in [1.165, 1.54) is 6.42 Å². The van der Waals surface area contributed by atoms with Crippen molar-refractivity contribution in [3.05, 3.63) is 35.4 Å². The summed E-state index contributed by atoms with van der Waals surface area (Å²) >= 11 is 0. The number of urea groups is 1. The van der Waals surface area contributed by atoms with Gasteiger partial charge in [0.15, 0.2) is 0 Å². The van der Waals surface area contributed by atoms with E-state index < -0.39 is 0 Å². The minimum atomic E-state index is 0.0357. The maximum absolute atomic E-state index is 12.1. The molecule has 0 radical (unpaired) electrons. The van der Waals surface area contributed by atoms with Crippen molar-refractivity contribution in [2.24, 2.45) is 11.7 Å². The molecule has 2 rings (SSSR count). The second-order valence-corrected chi connectivity index (χ2v) is 5.55. The van der Waals surface area contributed by atoms with Crippen LogP contribution in [-0.4, -0.2) is 30.6 Å². The molecule has 0 aliphatic carbocycles. The standard InChI is InChI=1S/C17H23N3O/c1-14-4-3-11-20(13-14)17(21)19-12-16-8-6-15(7-9-16)5-2-10-18/h6-9,14H,3-4,10-13,18H2,1H3,(H,19,21). The number of rotatable bonds is 2. The lowest BCUT2D eigenvalue weighted by Crippen LogP contribution is -2.44. The summed E-state index contributed by atoms with van der Waals surface area (Å²) in [5.74, 6) is 6.41. The number of carbonyl (C=O) groups excluding carboxylic acids is 1. The Morgan fingerprint density at radius 3 is 2.86 bits per heavy atom. The van der Waals surface area contributed by atoms with E-state index in [0.29, 0.717) is 19.0 Å². The van der Waals surface area contributed by atoms with Gasteiger partial charge >= 0.3 is 6.03 Å². The summed E-state index contributed by atoms with van der Waals surface area (Å²) in [4.78, 5) is 14.0. The Labute approximate surface area is 126 Å². The number of benzene rings is 1. The molecule has 1 unspecified atom stereocenters. The molecule has 1 aliphatic rings. The zero-order valence-corrected chi connectivity index (χ0v) is 12.6. The Hall–Kier alpha value is -1.99. The summed E-state index contributed by atoms with van der Waals surface area (Å²) in [6.45, 7) is 4.84. The average Bonchev–Trinajstić information content (AvgIpc) is 2.51. The molecule has 0 bridgehead atoms. The zero-order chi connectivity index (χ0) is 15.1. The Bertz CT molecular complexity index is 527. The molecule has 1 aromatic rings. The van der Waals surface area contributed by atoms with Crippen molar-refractivity contribution in [1.82, 2.24) is 10.2 Å². The number of likely N-dealkylation sites (tertiary alicyclic amines) is 1. The van der Waals surface area contributed by atoms with Gasteiger partial charge in [0.2, 0.25) is 0 Å². The molecule has 1 aliphatic heterocycles. The van der Waals surface area contributed by atoms with Gasteiger partial charge in [-0.05, 0) is 36.5 Å². The highest BCUT2D eigenvalue weighted by atomic mass is 16.2. The van der Waals surface area contributed by atoms with Crippen molar-refractivity contribution in [3.63, 3.8) is 0 Å². The van der Waals surface area contributed by atoms with E-state index in [9.17, 15) is 4.79 Å². The van der Waals surface area contributed by atoms with Gasteiger partial charge in [-0.3, -0.25) is 0 Å². The molecule has 1 saturated heterocycles. The molecule has 4 nitrogen and oxygen atoms in total. The molecule has 1 fully saturated rings. The molecule has 1 aromatic carbocycles. The molecule has 0 saturated carbocycles. The molecule has 1 heterocycles. The number of hydrogen-bond acceptors (Lipinski definition) is 2. The second-order valence-electron chi connectivity index (χ2n) is 5.55. The number of carbonyl (C=O) groups is 1. The highest BCUT2D eigenvalue weighted by Gasteiger charge is 2.20. The predicted octanol–water partition coefficient (Wildman–Crippen LogP) is 1.94. The van der Waals surface area contributed by atoms with E-state index >= 15 is 0 Å². The van der Waals surface area contributed by atoms with Gasteiger partial charge in [0, 0.05) is 25.2 Å². The molecule has 21 heavy (non-hydrogen) atoms. The van der Waals surface area contributed by atoms with E-state index in [1.807, 2.05) is 29.2 Å². The number of nitrogens with zero attached hydrogens (tertiary/aromatic N) is 1. The van der Waals surface area contributed by atoms with Crippen LogP contribution in [0.5, 0.6) is 0 Å². The van der Waals surface area contributed by atoms with Crippen LogP contribution in [0.15, 0.2) is 24.3 Å². The van der Waals surface area contributed by atoms with Gasteiger partial charge in [0.05, 0.1) is 6.54 Å². The first-order chi connectivity index (χ1) is 10.2.